The molecule has 0 fully saturated rings. The highest BCUT2D eigenvalue weighted by molar-refractivity contribution is 9.10. The standard InChI is InChI=1S/C15H14BrClFNO/c1-9(19)6-10-7-11(16)2-5-15(10)20-12-3-4-14(18)13(17)8-12/h2-5,7-9H,6,19H2,1H3. The summed E-state index contributed by atoms with van der Waals surface area (Å²) in [5, 5.41) is 0.0355. The fourth-order valence-electron chi connectivity index (χ4n) is 1.82. The summed E-state index contributed by atoms with van der Waals surface area (Å²) >= 11 is 9.17. The summed E-state index contributed by atoms with van der Waals surface area (Å²) in [5.41, 5.74) is 6.82. The van der Waals surface area contributed by atoms with Crippen molar-refractivity contribution >= 4 is 27.5 Å². The molecule has 1 atom stereocenters. The van der Waals surface area contributed by atoms with Crippen molar-refractivity contribution in [1.82, 2.24) is 0 Å². The molecule has 0 aliphatic carbocycles. The van der Waals surface area contributed by atoms with Gasteiger partial charge in [0.2, 0.25) is 0 Å². The van der Waals surface area contributed by atoms with Crippen LogP contribution >= 0.6 is 27.5 Å². The highest BCUT2D eigenvalue weighted by Gasteiger charge is 2.09. The van der Waals surface area contributed by atoms with E-state index >= 15 is 0 Å². The minimum Gasteiger partial charge on any atom is -0.457 e. The van der Waals surface area contributed by atoms with Gasteiger partial charge in [0.15, 0.2) is 0 Å². The lowest BCUT2D eigenvalue weighted by Crippen LogP contribution is -2.18. The number of rotatable bonds is 4. The highest BCUT2D eigenvalue weighted by Crippen LogP contribution is 2.30. The third kappa shape index (κ3) is 3.95. The Labute approximate surface area is 130 Å². The average Bonchev–Trinajstić information content (AvgIpc) is 2.36. The molecule has 0 saturated heterocycles. The van der Waals surface area contributed by atoms with Crippen molar-refractivity contribution in [1.29, 1.82) is 0 Å². The van der Waals surface area contributed by atoms with Crippen LogP contribution in [-0.2, 0) is 6.42 Å². The van der Waals surface area contributed by atoms with E-state index in [1.807, 2.05) is 25.1 Å². The Morgan fingerprint density at radius 1 is 1.30 bits per heavy atom. The molecule has 20 heavy (non-hydrogen) atoms. The van der Waals surface area contributed by atoms with Crippen LogP contribution in [0.5, 0.6) is 11.5 Å². The molecule has 0 radical (unpaired) electrons. The zero-order valence-corrected chi connectivity index (χ0v) is 13.2. The van der Waals surface area contributed by atoms with Gasteiger partial charge in [0.25, 0.3) is 0 Å². The van der Waals surface area contributed by atoms with Gasteiger partial charge in [0, 0.05) is 16.6 Å². The van der Waals surface area contributed by atoms with Gasteiger partial charge in [-0.25, -0.2) is 4.39 Å². The smallest absolute Gasteiger partial charge is 0.142 e. The van der Waals surface area contributed by atoms with Crippen molar-refractivity contribution in [3.05, 3.63) is 57.3 Å². The van der Waals surface area contributed by atoms with Gasteiger partial charge >= 0.3 is 0 Å². The van der Waals surface area contributed by atoms with Crippen molar-refractivity contribution in [2.75, 3.05) is 0 Å². The Morgan fingerprint density at radius 3 is 2.70 bits per heavy atom. The fourth-order valence-corrected chi connectivity index (χ4v) is 2.40. The van der Waals surface area contributed by atoms with Crippen LogP contribution in [0.1, 0.15) is 12.5 Å². The summed E-state index contributed by atoms with van der Waals surface area (Å²) in [7, 11) is 0. The van der Waals surface area contributed by atoms with Crippen LogP contribution in [0.2, 0.25) is 5.02 Å². The average molecular weight is 359 g/mol. The number of nitrogens with two attached hydrogens (primary N) is 1. The van der Waals surface area contributed by atoms with Crippen molar-refractivity contribution in [3.8, 4) is 11.5 Å². The maximum Gasteiger partial charge on any atom is 0.142 e. The monoisotopic (exact) mass is 357 g/mol. The Kier molecular flexibility index (Phi) is 5.02. The summed E-state index contributed by atoms with van der Waals surface area (Å²) < 4.78 is 19.9. The molecule has 2 rings (SSSR count). The van der Waals surface area contributed by atoms with Gasteiger partial charge in [-0.2, -0.15) is 0 Å². The van der Waals surface area contributed by atoms with Crippen LogP contribution in [0.15, 0.2) is 40.9 Å². The van der Waals surface area contributed by atoms with Crippen LogP contribution in [-0.4, -0.2) is 6.04 Å². The van der Waals surface area contributed by atoms with Crippen molar-refractivity contribution in [3.63, 3.8) is 0 Å². The zero-order valence-electron chi connectivity index (χ0n) is 10.9. The van der Waals surface area contributed by atoms with Crippen molar-refractivity contribution in [2.45, 2.75) is 19.4 Å². The largest absolute Gasteiger partial charge is 0.457 e. The molecule has 0 amide bonds. The van der Waals surface area contributed by atoms with E-state index in [2.05, 4.69) is 15.9 Å². The summed E-state index contributed by atoms with van der Waals surface area (Å²) in [6, 6.07) is 9.98. The Bertz CT molecular complexity index is 619. The predicted octanol–water partition coefficient (Wildman–Crippen LogP) is 4.92. The molecule has 0 heterocycles. The number of halogens is 3. The molecule has 106 valence electrons. The summed E-state index contributed by atoms with van der Waals surface area (Å²) in [4.78, 5) is 0. The number of hydrogen-bond donors (Lipinski definition) is 1. The molecule has 5 heteroatoms. The van der Waals surface area contributed by atoms with Gasteiger partial charge in [0.1, 0.15) is 17.3 Å². The van der Waals surface area contributed by atoms with Gasteiger partial charge in [-0.15, -0.1) is 0 Å². The van der Waals surface area contributed by atoms with Gasteiger partial charge in [-0.1, -0.05) is 27.5 Å². The molecule has 0 aliphatic heterocycles. The van der Waals surface area contributed by atoms with E-state index in [-0.39, 0.29) is 11.1 Å². The quantitative estimate of drug-likeness (QED) is 0.841. The molecule has 1 unspecified atom stereocenters. The summed E-state index contributed by atoms with van der Waals surface area (Å²) in [6.45, 7) is 1.93. The van der Waals surface area contributed by atoms with Crippen molar-refractivity contribution in [2.24, 2.45) is 5.73 Å². The van der Waals surface area contributed by atoms with Crippen LogP contribution in [0, 0.1) is 5.82 Å². The minimum absolute atomic E-state index is 0.0171. The zero-order chi connectivity index (χ0) is 14.7. The highest BCUT2D eigenvalue weighted by atomic mass is 79.9. The van der Waals surface area contributed by atoms with E-state index < -0.39 is 5.82 Å². The molecular formula is C15H14BrClFNO. The van der Waals surface area contributed by atoms with E-state index in [1.54, 1.807) is 6.07 Å². The topological polar surface area (TPSA) is 35.2 Å². The van der Waals surface area contributed by atoms with E-state index in [0.717, 1.165) is 10.0 Å². The fraction of sp³-hybridized carbons (Fsp3) is 0.200. The molecule has 0 spiro atoms. The van der Waals surface area contributed by atoms with E-state index in [1.165, 1.54) is 12.1 Å². The molecule has 0 saturated carbocycles. The third-order valence-corrected chi connectivity index (χ3v) is 3.47. The number of hydrogen-bond acceptors (Lipinski definition) is 2. The molecule has 2 nitrogen and oxygen atoms in total. The first-order chi connectivity index (χ1) is 9.45. The Balaban J connectivity index is 2.30. The lowest BCUT2D eigenvalue weighted by Gasteiger charge is -2.13. The number of ether oxygens (including phenoxy) is 1. The first-order valence-corrected chi connectivity index (χ1v) is 7.29. The van der Waals surface area contributed by atoms with Gasteiger partial charge in [-0.05, 0) is 49.2 Å². The van der Waals surface area contributed by atoms with Crippen LogP contribution in [0.25, 0.3) is 0 Å². The van der Waals surface area contributed by atoms with Crippen LogP contribution < -0.4 is 10.5 Å². The van der Waals surface area contributed by atoms with Crippen LogP contribution in [0.4, 0.5) is 4.39 Å². The maximum atomic E-state index is 13.1. The van der Waals surface area contributed by atoms with E-state index in [0.29, 0.717) is 17.9 Å². The Morgan fingerprint density at radius 2 is 2.05 bits per heavy atom. The summed E-state index contributed by atoms with van der Waals surface area (Å²) in [6.07, 6.45) is 0.684. The van der Waals surface area contributed by atoms with E-state index in [9.17, 15) is 4.39 Å². The predicted molar refractivity (Wildman–Crippen MR) is 83.0 cm³/mol. The molecule has 0 aromatic heterocycles. The Hall–Kier alpha value is -1.10. The second-order valence-electron chi connectivity index (χ2n) is 4.61. The lowest BCUT2D eigenvalue weighted by molar-refractivity contribution is 0.472. The van der Waals surface area contributed by atoms with Crippen LogP contribution in [0.3, 0.4) is 0 Å². The SMILES string of the molecule is CC(N)Cc1cc(Br)ccc1Oc1ccc(F)c(Cl)c1. The van der Waals surface area contributed by atoms with Crippen molar-refractivity contribution < 1.29 is 9.13 Å². The second-order valence-corrected chi connectivity index (χ2v) is 5.93. The lowest BCUT2D eigenvalue weighted by atomic mass is 10.1. The first kappa shape index (κ1) is 15.3. The molecule has 2 aromatic carbocycles. The molecule has 2 N–H and O–H groups in total. The summed E-state index contributed by atoms with van der Waals surface area (Å²) in [5.74, 6) is 0.712. The molecule has 0 aliphatic rings. The van der Waals surface area contributed by atoms with Gasteiger partial charge in [0.05, 0.1) is 5.02 Å². The second kappa shape index (κ2) is 6.57. The third-order valence-electron chi connectivity index (χ3n) is 2.68. The van der Waals surface area contributed by atoms with E-state index in [4.69, 9.17) is 22.1 Å². The molecule has 2 aromatic rings. The van der Waals surface area contributed by atoms with Gasteiger partial charge in [-0.3, -0.25) is 0 Å². The first-order valence-electron chi connectivity index (χ1n) is 6.12. The maximum absolute atomic E-state index is 13.1. The molecular weight excluding hydrogens is 345 g/mol. The number of benzene rings is 2. The normalized spacial score (nSPS) is 12.2. The van der Waals surface area contributed by atoms with Gasteiger partial charge < -0.3 is 10.5 Å². The molecule has 0 bridgehead atoms. The minimum atomic E-state index is -0.467.